The minimum Gasteiger partial charge on any atom is -0.479 e. The lowest BCUT2D eigenvalue weighted by atomic mass is 9.75. The Labute approximate surface area is 322 Å². The number of hydrogen-bond donors (Lipinski definition) is 2. The first-order valence-corrected chi connectivity index (χ1v) is 20.0. The lowest BCUT2D eigenvalue weighted by Gasteiger charge is -2.39. The molecular weight excluding hydrogens is 691 g/mol. The number of hydrogen-bond acceptors (Lipinski definition) is 8. The van der Waals surface area contributed by atoms with E-state index in [1.165, 1.54) is 37.7 Å². The Kier molecular flexibility index (Phi) is 16.5. The number of carboxylic acid groups (broad SMARTS) is 1. The molecule has 53 heavy (non-hydrogen) atoms. The van der Waals surface area contributed by atoms with E-state index >= 15 is 0 Å². The molecule has 2 aromatic carbocycles. The van der Waals surface area contributed by atoms with Gasteiger partial charge in [0.2, 0.25) is 5.91 Å². The zero-order valence-electron chi connectivity index (χ0n) is 32.2. The van der Waals surface area contributed by atoms with Gasteiger partial charge in [0.15, 0.2) is 17.0 Å². The lowest BCUT2D eigenvalue weighted by Crippen LogP contribution is -2.57. The van der Waals surface area contributed by atoms with Crippen LogP contribution in [0.25, 0.3) is 0 Å². The number of carbonyl (C=O) groups excluding carboxylic acids is 1. The molecule has 9 nitrogen and oxygen atoms in total. The monoisotopic (exact) mass is 751 g/mol. The second kappa shape index (κ2) is 20.5. The van der Waals surface area contributed by atoms with E-state index in [1.54, 1.807) is 6.08 Å². The number of benzene rings is 2. The van der Waals surface area contributed by atoms with Gasteiger partial charge in [0.05, 0.1) is 25.2 Å². The number of methoxy groups -OCH3 is 1. The van der Waals surface area contributed by atoms with E-state index in [0.717, 1.165) is 56.1 Å². The first-order chi connectivity index (χ1) is 25.6. The second-order valence-electron chi connectivity index (χ2n) is 14.8. The van der Waals surface area contributed by atoms with Crippen LogP contribution in [0.3, 0.4) is 0 Å². The van der Waals surface area contributed by atoms with Crippen LogP contribution in [0.4, 0.5) is 0 Å². The van der Waals surface area contributed by atoms with Crippen molar-refractivity contribution in [3.8, 4) is 0 Å². The molecular formula is C43H61NO8S. The van der Waals surface area contributed by atoms with Crippen LogP contribution in [0.15, 0.2) is 72.8 Å². The molecule has 2 fully saturated rings. The highest BCUT2D eigenvalue weighted by Crippen LogP contribution is 2.48. The number of nitrogens with zero attached hydrogens (tertiary/aromatic N) is 1. The van der Waals surface area contributed by atoms with E-state index in [2.05, 4.69) is 6.92 Å². The van der Waals surface area contributed by atoms with E-state index in [0.29, 0.717) is 19.6 Å². The number of carbonyl (C=O) groups is 2. The molecule has 0 aliphatic carbocycles. The third kappa shape index (κ3) is 10.3. The number of thiocarbonyl (C=S) groups is 1. The summed E-state index contributed by atoms with van der Waals surface area (Å²) >= 11 is 5.83. The quantitative estimate of drug-likeness (QED) is 0.0655. The molecule has 2 heterocycles. The van der Waals surface area contributed by atoms with E-state index in [9.17, 15) is 19.8 Å². The van der Waals surface area contributed by atoms with Crippen molar-refractivity contribution < 1.29 is 38.7 Å². The molecule has 1 amide bonds. The van der Waals surface area contributed by atoms with Gasteiger partial charge in [-0.25, -0.2) is 4.79 Å². The van der Waals surface area contributed by atoms with Gasteiger partial charge in [0, 0.05) is 44.1 Å². The summed E-state index contributed by atoms with van der Waals surface area (Å²) in [5.41, 5.74) is -1.98. The SMILES string of the molecule is CCCCCCCC1(CCCCCCC=CC(C(=O)N2C(=S)OC(c3ccccc3)(c3ccccc3)C2C(C)C)C(O)(CCOC)C(=O)O)OCCO1. The van der Waals surface area contributed by atoms with Crippen molar-refractivity contribution >= 4 is 29.3 Å². The molecule has 10 heteroatoms. The molecule has 2 aromatic rings. The fourth-order valence-electron chi connectivity index (χ4n) is 7.93. The lowest BCUT2D eigenvalue weighted by molar-refractivity contribution is -0.170. The van der Waals surface area contributed by atoms with Crippen LogP contribution in [-0.4, -0.2) is 76.5 Å². The number of ether oxygens (including phenoxy) is 4. The van der Waals surface area contributed by atoms with Crippen molar-refractivity contribution in [2.75, 3.05) is 26.9 Å². The zero-order valence-corrected chi connectivity index (χ0v) is 33.0. The Hall–Kier alpha value is -3.15. The molecule has 4 rings (SSSR count). The first-order valence-electron chi connectivity index (χ1n) is 19.6. The molecule has 2 aliphatic heterocycles. The zero-order chi connectivity index (χ0) is 38.3. The van der Waals surface area contributed by atoms with Gasteiger partial charge >= 0.3 is 5.97 Å². The Morgan fingerprint density at radius 2 is 1.47 bits per heavy atom. The van der Waals surface area contributed by atoms with Gasteiger partial charge in [0.25, 0.3) is 5.17 Å². The summed E-state index contributed by atoms with van der Waals surface area (Å²) in [6.45, 7) is 7.45. The summed E-state index contributed by atoms with van der Waals surface area (Å²) in [5, 5.41) is 22.2. The summed E-state index contributed by atoms with van der Waals surface area (Å²) in [4.78, 5) is 29.1. The highest BCUT2D eigenvalue weighted by Gasteiger charge is 2.60. The molecule has 292 valence electrons. The first kappa shape index (κ1) is 42.6. The fraction of sp³-hybridized carbons (Fsp3) is 0.605. The number of amides is 1. The van der Waals surface area contributed by atoms with E-state index in [-0.39, 0.29) is 24.1 Å². The van der Waals surface area contributed by atoms with Gasteiger partial charge in [-0.2, -0.15) is 0 Å². The molecule has 3 atom stereocenters. The minimum atomic E-state index is -2.45. The standard InChI is InChI=1S/C43H61NO8S/c1-5-6-7-11-20-27-41(50-31-32-51-41)28-21-12-9-8-10-19-26-36(42(48,39(46)47)29-30-49-4)38(45)44-37(33(2)3)43(52-40(44)53,34-22-15-13-16-23-34)35-24-17-14-18-25-35/h13-19,22-26,33,36-37,48H,5-12,20-21,27-32H2,1-4H3,(H,46,47). The maximum absolute atomic E-state index is 14.8. The fourth-order valence-corrected chi connectivity index (χ4v) is 8.27. The predicted octanol–water partition coefficient (Wildman–Crippen LogP) is 8.57. The van der Waals surface area contributed by atoms with Gasteiger partial charge < -0.3 is 29.2 Å². The topological polar surface area (TPSA) is 115 Å². The molecule has 3 unspecified atom stereocenters. The number of allylic oxidation sites excluding steroid dienone is 1. The van der Waals surface area contributed by atoms with Crippen LogP contribution in [0.5, 0.6) is 0 Å². The van der Waals surface area contributed by atoms with E-state index in [1.807, 2.05) is 80.6 Å². The Bertz CT molecular complexity index is 1420. The van der Waals surface area contributed by atoms with Crippen molar-refractivity contribution in [2.45, 2.75) is 127 Å². The van der Waals surface area contributed by atoms with Gasteiger partial charge in [-0.15, -0.1) is 0 Å². The maximum Gasteiger partial charge on any atom is 0.336 e. The number of aliphatic hydroxyl groups is 1. The molecule has 2 N–H and O–H groups in total. The number of carboxylic acids is 1. The Balaban J connectivity index is 1.51. The van der Waals surface area contributed by atoms with Gasteiger partial charge in [-0.05, 0) is 43.8 Å². The third-order valence-electron chi connectivity index (χ3n) is 10.7. The maximum atomic E-state index is 14.8. The minimum absolute atomic E-state index is 0.0550. The highest BCUT2D eigenvalue weighted by atomic mass is 32.1. The second-order valence-corrected chi connectivity index (χ2v) is 15.2. The molecule has 0 aromatic heterocycles. The number of rotatable bonds is 23. The summed E-state index contributed by atoms with van der Waals surface area (Å²) < 4.78 is 24.0. The van der Waals surface area contributed by atoms with Gasteiger partial charge in [-0.3, -0.25) is 9.69 Å². The van der Waals surface area contributed by atoms with Crippen LogP contribution in [-0.2, 0) is 34.1 Å². The van der Waals surface area contributed by atoms with Crippen LogP contribution in [0.2, 0.25) is 0 Å². The highest BCUT2D eigenvalue weighted by molar-refractivity contribution is 7.80. The molecule has 2 saturated heterocycles. The summed E-state index contributed by atoms with van der Waals surface area (Å²) in [5.74, 6) is -4.21. The van der Waals surface area contributed by atoms with Crippen LogP contribution in [0, 0.1) is 11.8 Å². The predicted molar refractivity (Wildman–Crippen MR) is 210 cm³/mol. The van der Waals surface area contributed by atoms with Crippen molar-refractivity contribution in [3.05, 3.63) is 83.9 Å². The number of aliphatic carboxylic acids is 1. The molecule has 0 spiro atoms. The third-order valence-corrected chi connectivity index (χ3v) is 11.0. The van der Waals surface area contributed by atoms with Crippen molar-refractivity contribution in [3.63, 3.8) is 0 Å². The summed E-state index contributed by atoms with van der Waals surface area (Å²) in [6.07, 6.45) is 15.4. The molecule has 0 saturated carbocycles. The van der Waals surface area contributed by atoms with Crippen molar-refractivity contribution in [2.24, 2.45) is 11.8 Å². The van der Waals surface area contributed by atoms with E-state index in [4.69, 9.17) is 31.2 Å². The smallest absolute Gasteiger partial charge is 0.336 e. The van der Waals surface area contributed by atoms with E-state index < -0.39 is 40.8 Å². The Morgan fingerprint density at radius 3 is 1.98 bits per heavy atom. The van der Waals surface area contributed by atoms with Crippen molar-refractivity contribution in [1.29, 1.82) is 0 Å². The van der Waals surface area contributed by atoms with Crippen LogP contribution >= 0.6 is 12.2 Å². The van der Waals surface area contributed by atoms with Gasteiger partial charge in [-0.1, -0.05) is 132 Å². The Morgan fingerprint density at radius 1 is 0.925 bits per heavy atom. The molecule has 2 aliphatic rings. The molecule has 0 bridgehead atoms. The van der Waals surface area contributed by atoms with Crippen LogP contribution in [0.1, 0.15) is 115 Å². The van der Waals surface area contributed by atoms with Gasteiger partial charge in [0.1, 0.15) is 0 Å². The average molecular weight is 752 g/mol. The van der Waals surface area contributed by atoms with Crippen molar-refractivity contribution in [1.82, 2.24) is 4.90 Å². The molecule has 0 radical (unpaired) electrons. The summed E-state index contributed by atoms with van der Waals surface area (Å²) in [7, 11) is 1.43. The van der Waals surface area contributed by atoms with Crippen LogP contribution < -0.4 is 0 Å². The number of unbranched alkanes of at least 4 members (excludes halogenated alkanes) is 8. The normalized spacial score (nSPS) is 19.8. The summed E-state index contributed by atoms with van der Waals surface area (Å²) in [6, 6.07) is 18.6. The average Bonchev–Trinajstić information content (AvgIpc) is 3.76. The largest absolute Gasteiger partial charge is 0.479 e.